The van der Waals surface area contributed by atoms with Crippen LogP contribution >= 0.6 is 18.7 Å². The Hall–Kier alpha value is 0.340. The highest BCUT2D eigenvalue weighted by Crippen LogP contribution is 2.32. The minimum atomic E-state index is -0.401. The van der Waals surface area contributed by atoms with Gasteiger partial charge < -0.3 is 4.18 Å². The van der Waals surface area contributed by atoms with Crippen molar-refractivity contribution in [2.45, 2.75) is 26.4 Å². The van der Waals surface area contributed by atoms with Gasteiger partial charge in [0.15, 0.2) is 18.5 Å². The van der Waals surface area contributed by atoms with E-state index in [1.165, 1.54) is 19.0 Å². The van der Waals surface area contributed by atoms with E-state index < -0.39 is 6.70 Å². The van der Waals surface area contributed by atoms with Gasteiger partial charge in [0.2, 0.25) is 5.49 Å². The molecule has 0 spiro atoms. The summed E-state index contributed by atoms with van der Waals surface area (Å²) in [5.74, 6) is -0.253. The van der Waals surface area contributed by atoms with Gasteiger partial charge in [0.25, 0.3) is 0 Å². The van der Waals surface area contributed by atoms with Crippen LogP contribution in [-0.2, 0) is 20.8 Å². The molecule has 0 heterocycles. The Labute approximate surface area is 77.7 Å². The van der Waals surface area contributed by atoms with E-state index in [1.54, 1.807) is 0 Å². The number of carbonyl (C=O) groups is 1. The third-order valence-electron chi connectivity index (χ3n) is 0.932. The Morgan fingerprint density at radius 1 is 1.73 bits per heavy atom. The molecule has 11 heavy (non-hydrogen) atoms. The molecule has 0 saturated heterocycles. The zero-order valence-electron chi connectivity index (χ0n) is 6.86. The average Bonchev–Trinajstić information content (AvgIpc) is 1.86. The van der Waals surface area contributed by atoms with Crippen molar-refractivity contribution in [3.8, 4) is 0 Å². The Bertz CT molecular complexity index is 159. The number of hydrogen-bond donors (Lipinski definition) is 0. The fourth-order valence-corrected chi connectivity index (χ4v) is 2.68. The second kappa shape index (κ2) is 5.92. The summed E-state index contributed by atoms with van der Waals surface area (Å²) in [6.45, 7) is 5.18. The van der Waals surface area contributed by atoms with Crippen LogP contribution in [-0.4, -0.2) is 17.1 Å². The Kier molecular flexibility index (Phi) is 6.11. The van der Waals surface area contributed by atoms with Gasteiger partial charge in [0.05, 0.1) is 0 Å². The second-order valence-corrected chi connectivity index (χ2v) is 7.04. The van der Waals surface area contributed by atoms with Crippen molar-refractivity contribution >= 4 is 36.5 Å². The van der Waals surface area contributed by atoms with Crippen molar-refractivity contribution in [3.63, 3.8) is 0 Å². The van der Waals surface area contributed by atoms with Crippen LogP contribution in [0.15, 0.2) is 0 Å². The van der Waals surface area contributed by atoms with E-state index in [0.29, 0.717) is 5.66 Å². The quantitative estimate of drug-likeness (QED) is 0.527. The van der Waals surface area contributed by atoms with Crippen LogP contribution in [0.1, 0.15) is 20.8 Å². The summed E-state index contributed by atoms with van der Waals surface area (Å²) in [5.41, 5.74) is 1.30. The average molecular weight is 211 g/mol. The minimum absolute atomic E-state index is 0.253. The molecule has 0 radical (unpaired) electrons. The highest BCUT2D eigenvalue weighted by Gasteiger charge is 2.15. The molecule has 0 aliphatic carbocycles. The number of rotatable bonds is 4. The van der Waals surface area contributed by atoms with Gasteiger partial charge in [0.1, 0.15) is 17.7 Å². The lowest BCUT2D eigenvalue weighted by Crippen LogP contribution is -1.92. The molecule has 0 aromatic rings. The summed E-state index contributed by atoms with van der Waals surface area (Å²) in [4.78, 5) is 10.3. The first-order valence-electron chi connectivity index (χ1n) is 3.28. The second-order valence-electron chi connectivity index (χ2n) is 2.33. The van der Waals surface area contributed by atoms with E-state index >= 15 is 0 Å². The molecule has 0 aromatic carbocycles. The Morgan fingerprint density at radius 3 is 2.64 bits per heavy atom. The van der Waals surface area contributed by atoms with Crippen molar-refractivity contribution in [2.75, 3.05) is 5.49 Å². The van der Waals surface area contributed by atoms with Crippen LogP contribution in [0.5, 0.6) is 0 Å². The van der Waals surface area contributed by atoms with Gasteiger partial charge in [-0.15, -0.1) is 0 Å². The maximum absolute atomic E-state index is 10.3. The van der Waals surface area contributed by atoms with Crippen LogP contribution in [0, 0.1) is 0 Å². The normalized spacial score (nSPS) is 11.5. The fourth-order valence-electron chi connectivity index (χ4n) is 0.310. The zero-order valence-corrected chi connectivity index (χ0v) is 9.39. The predicted octanol–water partition coefficient (Wildman–Crippen LogP) is 2.51. The van der Waals surface area contributed by atoms with Crippen molar-refractivity contribution in [3.05, 3.63) is 0 Å². The lowest BCUT2D eigenvalue weighted by atomic mass is 10.6. The molecule has 2 nitrogen and oxygen atoms in total. The molecule has 0 rings (SSSR count). The first-order chi connectivity index (χ1) is 5.04. The van der Waals surface area contributed by atoms with Crippen molar-refractivity contribution in [1.29, 1.82) is 0 Å². The standard InChI is InChI=1S/C6H12O2PS2/c1-5(2)9(10)4-11-8-6(3)7/h5H,4H2,1-3H3/q+1. The van der Waals surface area contributed by atoms with Crippen molar-refractivity contribution in [1.82, 2.24) is 0 Å². The Balaban J connectivity index is 3.39. The molecule has 1 unspecified atom stereocenters. The van der Waals surface area contributed by atoms with E-state index in [9.17, 15) is 4.79 Å². The van der Waals surface area contributed by atoms with Crippen LogP contribution in [0.4, 0.5) is 0 Å². The molecule has 64 valence electrons. The van der Waals surface area contributed by atoms with Gasteiger partial charge in [-0.25, -0.2) is 0 Å². The molecule has 0 saturated carbocycles. The van der Waals surface area contributed by atoms with E-state index in [0.717, 1.165) is 5.49 Å². The SMILES string of the molecule is CC(=O)OSC[P+](=S)C(C)C. The van der Waals surface area contributed by atoms with Gasteiger partial charge in [0, 0.05) is 6.92 Å². The molecule has 0 N–H and O–H groups in total. The predicted molar refractivity (Wildman–Crippen MR) is 53.6 cm³/mol. The first-order valence-corrected chi connectivity index (χ1v) is 6.80. The monoisotopic (exact) mass is 211 g/mol. The lowest BCUT2D eigenvalue weighted by molar-refractivity contribution is -0.130. The van der Waals surface area contributed by atoms with Crippen LogP contribution in [0.3, 0.4) is 0 Å². The highest BCUT2D eigenvalue weighted by molar-refractivity contribution is 8.13. The maximum atomic E-state index is 10.3. The summed E-state index contributed by atoms with van der Waals surface area (Å²) < 4.78 is 4.69. The fraction of sp³-hybridized carbons (Fsp3) is 0.833. The van der Waals surface area contributed by atoms with Crippen molar-refractivity contribution in [2.24, 2.45) is 0 Å². The topological polar surface area (TPSA) is 26.3 Å². The van der Waals surface area contributed by atoms with E-state index in [2.05, 4.69) is 18.0 Å². The summed E-state index contributed by atoms with van der Waals surface area (Å²) in [7, 11) is 0. The van der Waals surface area contributed by atoms with Crippen LogP contribution < -0.4 is 0 Å². The van der Waals surface area contributed by atoms with Crippen LogP contribution in [0.2, 0.25) is 0 Å². The summed E-state index contributed by atoms with van der Waals surface area (Å²) in [6, 6.07) is 0. The molecule has 0 aliphatic heterocycles. The third-order valence-corrected chi connectivity index (χ3v) is 6.09. The minimum Gasteiger partial charge on any atom is -0.387 e. The van der Waals surface area contributed by atoms with Gasteiger partial charge in [-0.2, -0.15) is 0 Å². The summed E-state index contributed by atoms with van der Waals surface area (Å²) in [6.07, 6.45) is 0. The highest BCUT2D eigenvalue weighted by atomic mass is 32.4. The zero-order chi connectivity index (χ0) is 8.85. The van der Waals surface area contributed by atoms with Gasteiger partial charge in [-0.05, 0) is 13.8 Å². The largest absolute Gasteiger partial charge is 0.387 e. The smallest absolute Gasteiger partial charge is 0.314 e. The third kappa shape index (κ3) is 6.73. The van der Waals surface area contributed by atoms with Gasteiger partial charge in [-0.3, -0.25) is 4.79 Å². The molecular formula is C6H12O2PS2+. The lowest BCUT2D eigenvalue weighted by Gasteiger charge is -1.95. The number of carbonyl (C=O) groups excluding carboxylic acids is 1. The molecule has 0 bridgehead atoms. The summed E-state index contributed by atoms with van der Waals surface area (Å²) in [5, 5.41) is 0. The molecule has 0 aromatic heterocycles. The molecule has 0 amide bonds. The Morgan fingerprint density at radius 2 is 2.27 bits per heavy atom. The number of hydrogen-bond acceptors (Lipinski definition) is 4. The molecular weight excluding hydrogens is 199 g/mol. The molecule has 5 heteroatoms. The molecule has 0 fully saturated rings. The van der Waals surface area contributed by atoms with Crippen LogP contribution in [0.25, 0.3) is 0 Å². The van der Waals surface area contributed by atoms with Gasteiger partial charge in [-0.1, -0.05) is 0 Å². The molecule has 0 aliphatic rings. The first kappa shape index (κ1) is 11.3. The maximum Gasteiger partial charge on any atom is 0.314 e. The summed E-state index contributed by atoms with van der Waals surface area (Å²) >= 11 is 6.34. The molecule has 1 atom stereocenters. The van der Waals surface area contributed by atoms with Crippen molar-refractivity contribution < 1.29 is 8.98 Å². The van der Waals surface area contributed by atoms with Gasteiger partial charge >= 0.3 is 5.97 Å². The van der Waals surface area contributed by atoms with E-state index in [-0.39, 0.29) is 5.97 Å². The van der Waals surface area contributed by atoms with E-state index in [4.69, 9.17) is 11.8 Å². The van der Waals surface area contributed by atoms with E-state index in [1.807, 2.05) is 0 Å².